The molecule has 0 spiro atoms. The molecule has 1 saturated carbocycles. The second-order valence-electron chi connectivity index (χ2n) is 13.1. The predicted octanol–water partition coefficient (Wildman–Crippen LogP) is 2.54. The number of carboxylic acids is 1. The van der Waals surface area contributed by atoms with Crippen molar-refractivity contribution in [2.45, 2.75) is 68.5 Å². The molecule has 13 nitrogen and oxygen atoms in total. The summed E-state index contributed by atoms with van der Waals surface area (Å²) in [4.78, 5) is 42.5. The lowest BCUT2D eigenvalue weighted by molar-refractivity contribution is -0.136. The van der Waals surface area contributed by atoms with Crippen molar-refractivity contribution in [1.82, 2.24) is 24.8 Å². The number of aliphatic hydroxyl groups is 1. The van der Waals surface area contributed by atoms with Crippen LogP contribution in [-0.4, -0.2) is 102 Å². The third-order valence-corrected chi connectivity index (χ3v) is 9.94. The Hall–Kier alpha value is -4.79. The first-order chi connectivity index (χ1) is 22.6. The van der Waals surface area contributed by atoms with Gasteiger partial charge in [0.2, 0.25) is 0 Å². The van der Waals surface area contributed by atoms with E-state index in [1.54, 1.807) is 10.9 Å². The molecule has 5 atom stereocenters. The monoisotopic (exact) mass is 650 g/mol. The number of halogens is 2. The van der Waals surface area contributed by atoms with Gasteiger partial charge < -0.3 is 29.5 Å². The molecule has 15 heteroatoms. The number of cyclic esters (lactones) is 1. The highest BCUT2D eigenvalue weighted by Gasteiger charge is 2.53. The summed E-state index contributed by atoms with van der Waals surface area (Å²) in [5.74, 6) is -4.28. The van der Waals surface area contributed by atoms with Crippen LogP contribution in [-0.2, 0) is 20.9 Å². The zero-order valence-electron chi connectivity index (χ0n) is 25.2. The Kier molecular flexibility index (Phi) is 6.86. The first kappa shape index (κ1) is 29.6. The average Bonchev–Trinajstić information content (AvgIpc) is 3.45. The minimum atomic E-state index is -1.42. The third-order valence-electron chi connectivity index (χ3n) is 9.94. The molecule has 6 aliphatic rings. The first-order valence-electron chi connectivity index (χ1n) is 15.7. The van der Waals surface area contributed by atoms with Crippen LogP contribution >= 0.6 is 0 Å². The summed E-state index contributed by atoms with van der Waals surface area (Å²) in [7, 11) is 0. The van der Waals surface area contributed by atoms with E-state index in [2.05, 4.69) is 10.3 Å². The number of hydrogen-bond acceptors (Lipinski definition) is 10. The number of amides is 1. The van der Waals surface area contributed by atoms with Crippen molar-refractivity contribution in [3.8, 4) is 5.75 Å². The lowest BCUT2D eigenvalue weighted by Gasteiger charge is -2.47. The third kappa shape index (κ3) is 5.12. The van der Waals surface area contributed by atoms with Gasteiger partial charge in [-0.15, -0.1) is 5.10 Å². The number of fused-ring (bicyclic) bond motifs is 4. The van der Waals surface area contributed by atoms with Crippen LogP contribution in [0.25, 0.3) is 0 Å². The van der Waals surface area contributed by atoms with Crippen LogP contribution in [0, 0.1) is 11.7 Å². The van der Waals surface area contributed by atoms with E-state index in [4.69, 9.17) is 9.47 Å². The highest BCUT2D eigenvalue weighted by Crippen LogP contribution is 2.50. The number of aliphatic carboxylic acids is 1. The largest absolute Gasteiger partial charge is 0.487 e. The van der Waals surface area contributed by atoms with Crippen LogP contribution in [0.15, 0.2) is 65.5 Å². The van der Waals surface area contributed by atoms with Gasteiger partial charge in [0.05, 0.1) is 49.2 Å². The van der Waals surface area contributed by atoms with E-state index in [1.165, 1.54) is 41.6 Å². The van der Waals surface area contributed by atoms with Gasteiger partial charge in [-0.2, -0.15) is 0 Å². The van der Waals surface area contributed by atoms with Gasteiger partial charge in [0.25, 0.3) is 0 Å². The maximum Gasteiger partial charge on any atom is 0.414 e. The van der Waals surface area contributed by atoms with E-state index in [0.29, 0.717) is 30.8 Å². The van der Waals surface area contributed by atoms with E-state index < -0.39 is 53.2 Å². The Labute approximate surface area is 267 Å². The van der Waals surface area contributed by atoms with Crippen molar-refractivity contribution >= 4 is 23.5 Å². The molecule has 2 aliphatic carbocycles. The van der Waals surface area contributed by atoms with E-state index in [0.717, 1.165) is 18.4 Å². The topological polar surface area (TPSA) is 151 Å². The molecule has 246 valence electrons. The molecular weight excluding hydrogens is 618 g/mol. The van der Waals surface area contributed by atoms with Crippen molar-refractivity contribution < 1.29 is 42.9 Å². The Morgan fingerprint density at radius 1 is 1.17 bits per heavy atom. The van der Waals surface area contributed by atoms with Crippen molar-refractivity contribution in [1.29, 1.82) is 0 Å². The highest BCUT2D eigenvalue weighted by molar-refractivity contribution is 6.18. The number of carboxylic acid groups (broad SMARTS) is 1. The molecular formula is C32H32F2N6O7. The standard InChI is InChI=1S/C32H32F2N6O7/c33-24-9-18(39-13-20(47-31(39)44)12-37-8-7-35-36-37)4-6-26(24)46-16-32(45)11-19-3-5-21-27-22(10-25(34)28(21)40(19)15-32)29(41)23(30(42)43)14-38(27)17-1-2-17/h4,6-10,14,17,19-20,22,27,45H,1-3,5,11-13,15-16H2,(H,42,43)/t19-,20-,22?,27?,32+/m0/s1. The molecule has 2 unspecified atom stereocenters. The zero-order valence-corrected chi connectivity index (χ0v) is 25.2. The van der Waals surface area contributed by atoms with Gasteiger partial charge >= 0.3 is 12.1 Å². The molecule has 3 fully saturated rings. The lowest BCUT2D eigenvalue weighted by atomic mass is 9.75. The Bertz CT molecular complexity index is 1760. The molecule has 5 heterocycles. The van der Waals surface area contributed by atoms with Gasteiger partial charge in [-0.3, -0.25) is 9.69 Å². The van der Waals surface area contributed by atoms with Crippen LogP contribution in [0.2, 0.25) is 0 Å². The summed E-state index contributed by atoms with van der Waals surface area (Å²) < 4.78 is 43.8. The fraction of sp³-hybridized carbons (Fsp3) is 0.469. The summed E-state index contributed by atoms with van der Waals surface area (Å²) in [6.07, 6.45) is 7.83. The maximum absolute atomic E-state index is 15.9. The summed E-state index contributed by atoms with van der Waals surface area (Å²) in [5.41, 5.74) is -0.373. The van der Waals surface area contributed by atoms with Gasteiger partial charge in [0.1, 0.15) is 29.7 Å². The zero-order chi connectivity index (χ0) is 32.6. The number of ketones is 1. The van der Waals surface area contributed by atoms with E-state index in [-0.39, 0.29) is 49.5 Å². The smallest absolute Gasteiger partial charge is 0.414 e. The van der Waals surface area contributed by atoms with E-state index in [9.17, 15) is 24.6 Å². The number of hydrogen-bond donors (Lipinski definition) is 2. The molecule has 8 rings (SSSR count). The van der Waals surface area contributed by atoms with Crippen molar-refractivity contribution in [2.24, 2.45) is 5.92 Å². The van der Waals surface area contributed by atoms with Crippen LogP contribution in [0.4, 0.5) is 19.3 Å². The predicted molar refractivity (Wildman–Crippen MR) is 158 cm³/mol. The summed E-state index contributed by atoms with van der Waals surface area (Å²) >= 11 is 0. The van der Waals surface area contributed by atoms with Crippen molar-refractivity contribution in [3.05, 3.63) is 71.4 Å². The van der Waals surface area contributed by atoms with E-state index >= 15 is 8.78 Å². The number of anilines is 1. The summed E-state index contributed by atoms with van der Waals surface area (Å²) in [6, 6.07) is 3.52. The number of rotatable bonds is 8. The molecule has 1 aromatic heterocycles. The fourth-order valence-electron chi connectivity index (χ4n) is 7.71. The Morgan fingerprint density at radius 3 is 2.72 bits per heavy atom. The van der Waals surface area contributed by atoms with Gasteiger partial charge in [0.15, 0.2) is 17.3 Å². The van der Waals surface area contributed by atoms with Gasteiger partial charge in [-0.05, 0) is 49.5 Å². The SMILES string of the molecule is O=C(O)C1=CN(C2CC2)C2C3=C(C(F)=CC2C1=O)N1C[C@@](O)(COc2ccc(N4C[C@H](Cn5ccnn5)OC4=O)cc2F)C[C@@H]1CC3. The quantitative estimate of drug-likeness (QED) is 0.406. The molecule has 0 radical (unpaired) electrons. The first-order valence-corrected chi connectivity index (χ1v) is 15.7. The fourth-order valence-corrected chi connectivity index (χ4v) is 7.71. The summed E-state index contributed by atoms with van der Waals surface area (Å²) in [6.45, 7) is 0.291. The second kappa shape index (κ2) is 10.9. The van der Waals surface area contributed by atoms with E-state index in [1.807, 2.05) is 9.80 Å². The van der Waals surface area contributed by atoms with Gasteiger partial charge in [-0.25, -0.2) is 23.1 Å². The molecule has 0 bridgehead atoms. The van der Waals surface area contributed by atoms with Crippen LogP contribution in [0.5, 0.6) is 5.75 Å². The van der Waals surface area contributed by atoms with Crippen LogP contribution < -0.4 is 9.64 Å². The normalized spacial score (nSPS) is 30.1. The maximum atomic E-state index is 15.9. The number of ether oxygens (including phenoxy) is 2. The van der Waals surface area contributed by atoms with Crippen LogP contribution in [0.3, 0.4) is 0 Å². The number of aromatic nitrogens is 3. The van der Waals surface area contributed by atoms with Crippen LogP contribution in [0.1, 0.15) is 32.1 Å². The number of Topliss-reactive ketones (excluding diaryl/α,β-unsaturated/α-hetero) is 1. The lowest BCUT2D eigenvalue weighted by Crippen LogP contribution is -2.52. The molecule has 2 N–H and O–H groups in total. The number of allylic oxidation sites excluding steroid dienone is 1. The Balaban J connectivity index is 0.967. The molecule has 2 saturated heterocycles. The number of carbonyl (C=O) groups excluding carboxylic acids is 2. The van der Waals surface area contributed by atoms with Crippen molar-refractivity contribution in [3.63, 3.8) is 0 Å². The molecule has 1 amide bonds. The second-order valence-corrected chi connectivity index (χ2v) is 13.1. The molecule has 1 aromatic carbocycles. The highest BCUT2D eigenvalue weighted by atomic mass is 19.1. The van der Waals surface area contributed by atoms with Gasteiger partial charge in [-0.1, -0.05) is 5.21 Å². The van der Waals surface area contributed by atoms with Gasteiger partial charge in [0, 0.05) is 37.0 Å². The molecule has 47 heavy (non-hydrogen) atoms. The average molecular weight is 651 g/mol. The Morgan fingerprint density at radius 2 is 2.00 bits per heavy atom. The molecule has 4 aliphatic heterocycles. The number of nitrogens with zero attached hydrogens (tertiary/aromatic N) is 6. The molecule has 2 aromatic rings. The minimum absolute atomic E-state index is 0.0369. The van der Waals surface area contributed by atoms with Crippen molar-refractivity contribution in [2.75, 3.05) is 24.6 Å². The number of benzene rings is 1. The number of carbonyl (C=O) groups is 3. The summed E-state index contributed by atoms with van der Waals surface area (Å²) in [5, 5.41) is 28.8. The minimum Gasteiger partial charge on any atom is -0.487 e.